The molecular formula is C29H30Cl2N4O4S. The van der Waals surface area contributed by atoms with Gasteiger partial charge in [0.15, 0.2) is 9.84 Å². The van der Waals surface area contributed by atoms with E-state index in [9.17, 15) is 18.0 Å². The van der Waals surface area contributed by atoms with E-state index < -0.39 is 9.84 Å². The molecule has 1 saturated heterocycles. The number of aromatic amines is 1. The molecule has 0 atom stereocenters. The maximum absolute atomic E-state index is 13.3. The van der Waals surface area contributed by atoms with Crippen LogP contribution in [0.15, 0.2) is 47.4 Å². The lowest BCUT2D eigenvalue weighted by molar-refractivity contribution is -0.110. The molecule has 3 aromatic rings. The Morgan fingerprint density at radius 1 is 1.10 bits per heavy atom. The van der Waals surface area contributed by atoms with Crippen LogP contribution in [-0.4, -0.2) is 56.3 Å². The third-order valence-electron chi connectivity index (χ3n) is 7.18. The molecule has 0 aliphatic carbocycles. The summed E-state index contributed by atoms with van der Waals surface area (Å²) in [6.45, 7) is 5.56. The molecule has 1 fully saturated rings. The maximum Gasteiger partial charge on any atom is 0.256 e. The van der Waals surface area contributed by atoms with E-state index in [1.165, 1.54) is 25.0 Å². The van der Waals surface area contributed by atoms with Crippen molar-refractivity contribution in [3.63, 3.8) is 0 Å². The molecule has 3 heterocycles. The molecule has 8 nitrogen and oxygen atoms in total. The molecule has 2 aliphatic heterocycles. The van der Waals surface area contributed by atoms with Crippen LogP contribution in [0.5, 0.6) is 0 Å². The Morgan fingerprint density at radius 3 is 2.55 bits per heavy atom. The van der Waals surface area contributed by atoms with Crippen molar-refractivity contribution in [2.45, 2.75) is 36.8 Å². The van der Waals surface area contributed by atoms with Crippen LogP contribution in [-0.2, 0) is 20.4 Å². The first-order valence-corrected chi connectivity index (χ1v) is 15.6. The van der Waals surface area contributed by atoms with Crippen molar-refractivity contribution in [2.24, 2.45) is 0 Å². The van der Waals surface area contributed by atoms with Gasteiger partial charge in [0.1, 0.15) is 0 Å². The second-order valence-electron chi connectivity index (χ2n) is 10.1. The van der Waals surface area contributed by atoms with Crippen molar-refractivity contribution in [1.82, 2.24) is 15.2 Å². The fourth-order valence-electron chi connectivity index (χ4n) is 5.11. The van der Waals surface area contributed by atoms with Gasteiger partial charge in [-0.25, -0.2) is 8.42 Å². The molecule has 0 saturated carbocycles. The molecule has 0 spiro atoms. The van der Waals surface area contributed by atoms with Crippen LogP contribution >= 0.6 is 23.2 Å². The third kappa shape index (κ3) is 6.12. The van der Waals surface area contributed by atoms with Crippen molar-refractivity contribution < 1.29 is 18.0 Å². The number of halogens is 2. The van der Waals surface area contributed by atoms with Gasteiger partial charge >= 0.3 is 0 Å². The average Bonchev–Trinajstić information content (AvgIpc) is 3.63. The summed E-state index contributed by atoms with van der Waals surface area (Å²) in [4.78, 5) is 31.5. The number of carbonyl (C=O) groups is 2. The summed E-state index contributed by atoms with van der Waals surface area (Å²) in [6, 6.07) is 11.0. The molecule has 11 heteroatoms. The molecule has 0 radical (unpaired) electrons. The third-order valence-corrected chi connectivity index (χ3v) is 9.53. The number of hydrogen-bond acceptors (Lipinski definition) is 5. The number of aryl methyl sites for hydroxylation is 1. The Labute approximate surface area is 243 Å². The monoisotopic (exact) mass is 600 g/mol. The number of benzene rings is 2. The fourth-order valence-corrected chi connectivity index (χ4v) is 7.23. The predicted molar refractivity (Wildman–Crippen MR) is 158 cm³/mol. The summed E-state index contributed by atoms with van der Waals surface area (Å²) in [7, 11) is -3.84. The van der Waals surface area contributed by atoms with Crippen LogP contribution < -0.4 is 10.6 Å². The molecule has 1 aromatic heterocycles. The van der Waals surface area contributed by atoms with E-state index in [-0.39, 0.29) is 38.1 Å². The zero-order chi connectivity index (χ0) is 28.4. The summed E-state index contributed by atoms with van der Waals surface area (Å²) in [5, 5.41) is 6.28. The number of nitrogens with one attached hydrogen (secondary N) is 3. The Balaban J connectivity index is 1.38. The van der Waals surface area contributed by atoms with Gasteiger partial charge in [0, 0.05) is 39.1 Å². The van der Waals surface area contributed by atoms with E-state index >= 15 is 0 Å². The Hall–Kier alpha value is -3.11. The highest BCUT2D eigenvalue weighted by Gasteiger charge is 2.28. The van der Waals surface area contributed by atoms with Gasteiger partial charge in [-0.1, -0.05) is 29.3 Å². The first-order chi connectivity index (χ1) is 19.1. The number of aromatic nitrogens is 1. The number of nitrogens with zero attached hydrogens (tertiary/aromatic N) is 1. The molecule has 210 valence electrons. The van der Waals surface area contributed by atoms with E-state index in [0.29, 0.717) is 34.6 Å². The first kappa shape index (κ1) is 28.4. The molecule has 0 bridgehead atoms. The number of sulfone groups is 1. The number of carbonyl (C=O) groups excluding carboxylic acids is 2. The quantitative estimate of drug-likeness (QED) is 0.227. The van der Waals surface area contributed by atoms with Crippen molar-refractivity contribution in [3.05, 3.63) is 80.6 Å². The standard InChI is InChI=1S/C29H30Cl2N4O4S/c1-18-14-22(28(36)32-10-5-13-35-11-2-3-12-35)27(33-18)16-21-20-15-19(8-9-26(20)34-29(21)37)40(38,39)17-23-24(30)6-4-7-25(23)31/h4,6-9,14-16,33H,2-3,5,10-13,17H2,1H3,(H,32,36)(H,34,37)/b21-16-. The molecule has 2 aromatic carbocycles. The number of rotatable bonds is 9. The molecular weight excluding hydrogens is 571 g/mol. The minimum absolute atomic E-state index is 0.0308. The van der Waals surface area contributed by atoms with Gasteiger partial charge in [0.2, 0.25) is 0 Å². The van der Waals surface area contributed by atoms with E-state index in [4.69, 9.17) is 23.2 Å². The smallest absolute Gasteiger partial charge is 0.256 e. The van der Waals surface area contributed by atoms with Gasteiger partial charge in [-0.05, 0) is 88.3 Å². The van der Waals surface area contributed by atoms with Crippen molar-refractivity contribution in [3.8, 4) is 0 Å². The van der Waals surface area contributed by atoms with Gasteiger partial charge < -0.3 is 20.5 Å². The van der Waals surface area contributed by atoms with Crippen molar-refractivity contribution >= 4 is 62.2 Å². The van der Waals surface area contributed by atoms with E-state index in [2.05, 4.69) is 20.5 Å². The van der Waals surface area contributed by atoms with Crippen LogP contribution in [0.4, 0.5) is 5.69 Å². The lowest BCUT2D eigenvalue weighted by atomic mass is 10.0. The van der Waals surface area contributed by atoms with Gasteiger partial charge in [0.05, 0.1) is 27.5 Å². The zero-order valence-corrected chi connectivity index (χ0v) is 24.3. The highest BCUT2D eigenvalue weighted by molar-refractivity contribution is 7.90. The topological polar surface area (TPSA) is 111 Å². The molecule has 3 N–H and O–H groups in total. The van der Waals surface area contributed by atoms with E-state index in [0.717, 1.165) is 31.7 Å². The SMILES string of the molecule is Cc1cc(C(=O)NCCCN2CCCC2)c(/C=C2\C(=O)Nc3ccc(S(=O)(=O)Cc4c(Cl)cccc4Cl)cc32)[nH]1. The fraction of sp³-hybridized carbons (Fsp3) is 0.310. The maximum atomic E-state index is 13.3. The number of anilines is 1. The number of hydrogen-bond donors (Lipinski definition) is 3. The Bertz CT molecular complexity index is 1590. The first-order valence-electron chi connectivity index (χ1n) is 13.2. The number of H-pyrrole nitrogens is 1. The molecule has 40 heavy (non-hydrogen) atoms. The average molecular weight is 602 g/mol. The minimum Gasteiger partial charge on any atom is -0.358 e. The van der Waals surface area contributed by atoms with Crippen molar-refractivity contribution in [2.75, 3.05) is 31.5 Å². The number of amides is 2. The Kier molecular flexibility index (Phi) is 8.37. The Morgan fingerprint density at radius 2 is 1.82 bits per heavy atom. The normalized spacial score (nSPS) is 16.4. The number of fused-ring (bicyclic) bond motifs is 1. The summed E-state index contributed by atoms with van der Waals surface area (Å²) < 4.78 is 26.6. The zero-order valence-electron chi connectivity index (χ0n) is 22.0. The van der Waals surface area contributed by atoms with Crippen LogP contribution in [0.2, 0.25) is 10.0 Å². The second kappa shape index (κ2) is 11.8. The van der Waals surface area contributed by atoms with Gasteiger partial charge in [-0.3, -0.25) is 9.59 Å². The van der Waals surface area contributed by atoms with Gasteiger partial charge in [-0.15, -0.1) is 0 Å². The predicted octanol–water partition coefficient (Wildman–Crippen LogP) is 5.31. The van der Waals surface area contributed by atoms with Crippen LogP contribution in [0, 0.1) is 6.92 Å². The van der Waals surface area contributed by atoms with Crippen LogP contribution in [0.3, 0.4) is 0 Å². The van der Waals surface area contributed by atoms with Crippen LogP contribution in [0.25, 0.3) is 11.6 Å². The highest BCUT2D eigenvalue weighted by Crippen LogP contribution is 2.36. The number of likely N-dealkylation sites (tertiary alicyclic amines) is 1. The van der Waals surface area contributed by atoms with Gasteiger partial charge in [0.25, 0.3) is 11.8 Å². The van der Waals surface area contributed by atoms with Crippen molar-refractivity contribution in [1.29, 1.82) is 0 Å². The molecule has 2 aliphatic rings. The lowest BCUT2D eigenvalue weighted by Crippen LogP contribution is -2.28. The summed E-state index contributed by atoms with van der Waals surface area (Å²) >= 11 is 12.4. The highest BCUT2D eigenvalue weighted by atomic mass is 35.5. The summed E-state index contributed by atoms with van der Waals surface area (Å²) in [5.41, 5.74) is 3.15. The molecule has 0 unspecified atom stereocenters. The second-order valence-corrected chi connectivity index (χ2v) is 12.9. The summed E-state index contributed by atoms with van der Waals surface area (Å²) in [6.07, 6.45) is 4.91. The van der Waals surface area contributed by atoms with Crippen LogP contribution in [0.1, 0.15) is 52.1 Å². The van der Waals surface area contributed by atoms with E-state index in [1.54, 1.807) is 36.4 Å². The minimum atomic E-state index is -3.84. The largest absolute Gasteiger partial charge is 0.358 e. The molecule has 2 amide bonds. The lowest BCUT2D eigenvalue weighted by Gasteiger charge is -2.14. The summed E-state index contributed by atoms with van der Waals surface area (Å²) in [5.74, 6) is -1.00. The molecule has 5 rings (SSSR count). The van der Waals surface area contributed by atoms with Gasteiger partial charge in [-0.2, -0.15) is 0 Å². The van der Waals surface area contributed by atoms with E-state index in [1.807, 2.05) is 6.92 Å².